The molecule has 8 nitrogen and oxygen atoms in total. The minimum atomic E-state index is -4.62. The molecule has 0 aromatic heterocycles. The fourth-order valence-corrected chi connectivity index (χ4v) is 11.4. The van der Waals surface area contributed by atoms with Gasteiger partial charge in [0.05, 0.1) is 39.9 Å². The fraction of sp³-hybridized carbons (Fsp3) is 0.849. The maximum absolute atomic E-state index is 13.0. The van der Waals surface area contributed by atoms with Crippen LogP contribution in [0.2, 0.25) is 0 Å². The van der Waals surface area contributed by atoms with Crippen LogP contribution in [-0.2, 0) is 18.4 Å². The number of hydrogen-bond acceptors (Lipinski definition) is 6. The zero-order valence-electron chi connectivity index (χ0n) is 55.2. The van der Waals surface area contributed by atoms with Crippen molar-refractivity contribution in [2.45, 2.75) is 360 Å². The van der Waals surface area contributed by atoms with Gasteiger partial charge in [-0.1, -0.05) is 325 Å². The van der Waals surface area contributed by atoms with Gasteiger partial charge in [0.1, 0.15) is 13.2 Å². The van der Waals surface area contributed by atoms with E-state index >= 15 is 0 Å². The van der Waals surface area contributed by atoms with E-state index in [4.69, 9.17) is 9.05 Å². The summed E-state index contributed by atoms with van der Waals surface area (Å²) in [7, 11) is 1.24. The van der Waals surface area contributed by atoms with Crippen molar-refractivity contribution in [2.24, 2.45) is 0 Å². The van der Waals surface area contributed by atoms with Gasteiger partial charge in [-0.25, -0.2) is 0 Å². The minimum Gasteiger partial charge on any atom is -0.756 e. The number of aliphatic hydroxyl groups is 1. The monoisotopic (exact) mass is 1170 g/mol. The molecule has 0 fully saturated rings. The molecule has 0 aromatic carbocycles. The van der Waals surface area contributed by atoms with Crippen LogP contribution >= 0.6 is 7.82 Å². The van der Waals surface area contributed by atoms with E-state index < -0.39 is 26.6 Å². The summed E-state index contributed by atoms with van der Waals surface area (Å²) in [6, 6.07) is -0.912. The van der Waals surface area contributed by atoms with Crippen molar-refractivity contribution in [3.05, 3.63) is 60.8 Å². The normalized spacial score (nSPS) is 14.0. The highest BCUT2D eigenvalue weighted by Gasteiger charge is 2.23. The Morgan fingerprint density at radius 2 is 0.720 bits per heavy atom. The Hall–Kier alpha value is -1.80. The quantitative estimate of drug-likeness (QED) is 0.0272. The molecule has 1 amide bonds. The molecule has 3 unspecified atom stereocenters. The average Bonchev–Trinajstić information content (AvgIpc) is 3.47. The molecule has 0 rings (SSSR count). The molecule has 0 spiro atoms. The van der Waals surface area contributed by atoms with Crippen LogP contribution in [0, 0.1) is 0 Å². The van der Waals surface area contributed by atoms with Crippen LogP contribution in [-0.4, -0.2) is 68.5 Å². The number of amides is 1. The van der Waals surface area contributed by atoms with Crippen LogP contribution in [0.15, 0.2) is 60.8 Å². The number of carbonyl (C=O) groups is 1. The smallest absolute Gasteiger partial charge is 0.268 e. The molecule has 482 valence electrons. The van der Waals surface area contributed by atoms with Crippen LogP contribution in [0.5, 0.6) is 0 Å². The summed E-state index contributed by atoms with van der Waals surface area (Å²) in [5.74, 6) is -0.207. The van der Waals surface area contributed by atoms with Crippen molar-refractivity contribution in [3.8, 4) is 0 Å². The summed E-state index contributed by atoms with van der Waals surface area (Å²) in [6.45, 7) is 4.66. The highest BCUT2D eigenvalue weighted by molar-refractivity contribution is 7.45. The van der Waals surface area contributed by atoms with Crippen LogP contribution in [0.1, 0.15) is 348 Å². The Balaban J connectivity index is 4.01. The van der Waals surface area contributed by atoms with Crippen molar-refractivity contribution in [3.63, 3.8) is 0 Å². The number of rotatable bonds is 66. The standard InChI is InChI=1S/C73H139N2O6P/c1-6-8-10-12-14-16-18-20-22-24-26-28-29-30-31-32-33-34-35-36-37-38-39-40-41-42-43-44-45-47-49-51-53-55-57-59-61-63-65-67-73(77)74-71(70-81-82(78,79)80-69-68-75(3,4)5)72(76)66-64-62-60-58-56-54-52-50-48-46-27-25-23-21-19-17-15-13-11-9-7-2/h33-34,36-37,48,50,56,58,64,66,71-72,76H,6-32,35,38-47,49,51-55,57,59-63,65,67-70H2,1-5H3,(H-,74,77,78,79)/b34-33-,37-36-,50-48+,58-56+,66-64+. The molecule has 3 atom stereocenters. The molecule has 0 radical (unpaired) electrons. The first-order valence-electron chi connectivity index (χ1n) is 35.7. The molecule has 0 aromatic rings. The first-order chi connectivity index (χ1) is 40.0. The molecule has 0 saturated heterocycles. The topological polar surface area (TPSA) is 108 Å². The Kier molecular flexibility index (Phi) is 62.3. The summed E-state index contributed by atoms with van der Waals surface area (Å²) in [5, 5.41) is 13.9. The number of carbonyl (C=O) groups excluding carboxylic acids is 1. The molecule has 0 aliphatic heterocycles. The van der Waals surface area contributed by atoms with Crippen molar-refractivity contribution in [1.82, 2.24) is 5.32 Å². The molecular weight excluding hydrogens is 1030 g/mol. The van der Waals surface area contributed by atoms with Gasteiger partial charge in [0.15, 0.2) is 0 Å². The summed E-state index contributed by atoms with van der Waals surface area (Å²) in [5.41, 5.74) is 0. The lowest BCUT2D eigenvalue weighted by Crippen LogP contribution is -2.45. The Morgan fingerprint density at radius 3 is 1.06 bits per heavy atom. The summed E-state index contributed by atoms with van der Waals surface area (Å²) in [4.78, 5) is 25.6. The number of likely N-dealkylation sites (N-methyl/N-ethyl adjacent to an activating group) is 1. The van der Waals surface area contributed by atoms with E-state index in [1.807, 2.05) is 27.2 Å². The van der Waals surface area contributed by atoms with Crippen LogP contribution in [0.3, 0.4) is 0 Å². The third-order valence-corrected chi connectivity index (χ3v) is 17.1. The molecule has 0 heterocycles. The largest absolute Gasteiger partial charge is 0.756 e. The van der Waals surface area contributed by atoms with Crippen molar-refractivity contribution < 1.29 is 32.9 Å². The number of unbranched alkanes of at least 4 members (excludes halogenated alkanes) is 45. The van der Waals surface area contributed by atoms with Gasteiger partial charge in [-0.3, -0.25) is 9.36 Å². The van der Waals surface area contributed by atoms with Crippen molar-refractivity contribution in [1.29, 1.82) is 0 Å². The highest BCUT2D eigenvalue weighted by Crippen LogP contribution is 2.38. The summed E-state index contributed by atoms with van der Waals surface area (Å²) >= 11 is 0. The lowest BCUT2D eigenvalue weighted by molar-refractivity contribution is -0.870. The van der Waals surface area contributed by atoms with E-state index in [1.54, 1.807) is 6.08 Å². The third kappa shape index (κ3) is 65.7. The van der Waals surface area contributed by atoms with E-state index in [0.717, 1.165) is 51.4 Å². The van der Waals surface area contributed by atoms with E-state index in [2.05, 4.69) is 67.8 Å². The van der Waals surface area contributed by atoms with E-state index in [9.17, 15) is 19.4 Å². The number of nitrogens with one attached hydrogen (secondary N) is 1. The number of allylic oxidation sites excluding steroid dienone is 9. The first-order valence-corrected chi connectivity index (χ1v) is 37.1. The SMILES string of the molecule is CCCCCCCCCCCCC/C=C/CC/C=C/CC/C=C/C(O)C(COP(=O)([O-])OCC[N+](C)(C)C)NC(=O)CCCCCCCCCCCCCCCCCCC/C=C\C/C=C\CCCCCCCCCCCCCCCCC. The Labute approximate surface area is 511 Å². The van der Waals surface area contributed by atoms with Crippen molar-refractivity contribution in [2.75, 3.05) is 40.9 Å². The molecule has 2 N–H and O–H groups in total. The number of quaternary nitrogens is 1. The number of phosphoric acid groups is 1. The first kappa shape index (κ1) is 80.2. The van der Waals surface area contributed by atoms with Gasteiger partial charge < -0.3 is 28.8 Å². The van der Waals surface area contributed by atoms with Gasteiger partial charge in [-0.2, -0.15) is 0 Å². The molecule has 0 aliphatic carbocycles. The van der Waals surface area contributed by atoms with Gasteiger partial charge in [-0.05, 0) is 77.0 Å². The van der Waals surface area contributed by atoms with Gasteiger partial charge in [0.25, 0.3) is 7.82 Å². The van der Waals surface area contributed by atoms with Gasteiger partial charge >= 0.3 is 0 Å². The van der Waals surface area contributed by atoms with Crippen LogP contribution in [0.4, 0.5) is 0 Å². The second-order valence-electron chi connectivity index (χ2n) is 25.6. The van der Waals surface area contributed by atoms with Gasteiger partial charge in [0.2, 0.25) is 5.91 Å². The van der Waals surface area contributed by atoms with Gasteiger partial charge in [-0.15, -0.1) is 0 Å². The maximum atomic E-state index is 13.0. The summed E-state index contributed by atoms with van der Waals surface area (Å²) < 4.78 is 23.4. The fourth-order valence-electron chi connectivity index (χ4n) is 10.6. The number of aliphatic hydroxyl groups excluding tert-OH is 1. The minimum absolute atomic E-state index is 0.00939. The number of phosphoric ester groups is 1. The van der Waals surface area contributed by atoms with E-state index in [0.29, 0.717) is 17.4 Å². The van der Waals surface area contributed by atoms with E-state index in [1.165, 1.54) is 276 Å². The van der Waals surface area contributed by atoms with Gasteiger partial charge in [0, 0.05) is 6.42 Å². The lowest BCUT2D eigenvalue weighted by atomic mass is 10.0. The molecule has 0 saturated carbocycles. The molecule has 82 heavy (non-hydrogen) atoms. The lowest BCUT2D eigenvalue weighted by Gasteiger charge is -2.29. The zero-order valence-corrected chi connectivity index (χ0v) is 56.1. The summed E-state index contributed by atoms with van der Waals surface area (Å²) in [6.07, 6.45) is 87.9. The molecular formula is C73H139N2O6P. The average molecular weight is 1170 g/mol. The van der Waals surface area contributed by atoms with Crippen molar-refractivity contribution >= 4 is 13.7 Å². The van der Waals surface area contributed by atoms with Crippen LogP contribution < -0.4 is 10.2 Å². The highest BCUT2D eigenvalue weighted by atomic mass is 31.2. The molecule has 9 heteroatoms. The second-order valence-corrected chi connectivity index (χ2v) is 27.0. The second kappa shape index (κ2) is 63.7. The molecule has 0 bridgehead atoms. The van der Waals surface area contributed by atoms with Crippen LogP contribution in [0.25, 0.3) is 0 Å². The zero-order chi connectivity index (χ0) is 59.8. The predicted molar refractivity (Wildman–Crippen MR) is 357 cm³/mol. The Morgan fingerprint density at radius 1 is 0.427 bits per heavy atom. The third-order valence-electron chi connectivity index (χ3n) is 16.2. The number of nitrogens with zero attached hydrogens (tertiary/aromatic N) is 1. The molecule has 0 aliphatic rings. The predicted octanol–water partition coefficient (Wildman–Crippen LogP) is 22.1. The Bertz CT molecular complexity index is 1520. The maximum Gasteiger partial charge on any atom is 0.268 e. The number of hydrogen-bond donors (Lipinski definition) is 2. The van der Waals surface area contributed by atoms with E-state index in [-0.39, 0.29) is 12.5 Å².